The van der Waals surface area contributed by atoms with Crippen LogP contribution >= 0.6 is 0 Å². The molecule has 2 aromatic rings. The van der Waals surface area contributed by atoms with E-state index in [9.17, 15) is 0 Å². The Hall–Kier alpha value is -2.76. The van der Waals surface area contributed by atoms with Gasteiger partial charge in [0.15, 0.2) is 0 Å². The third-order valence-corrected chi connectivity index (χ3v) is 5.00. The van der Waals surface area contributed by atoms with Gasteiger partial charge in [-0.15, -0.1) is 0 Å². The first-order valence-electron chi connectivity index (χ1n) is 8.75. The quantitative estimate of drug-likeness (QED) is 0.878. The Morgan fingerprint density at radius 2 is 1.80 bits per heavy atom. The summed E-state index contributed by atoms with van der Waals surface area (Å²) in [5, 5.41) is 0. The maximum atomic E-state index is 6.34. The van der Waals surface area contributed by atoms with Crippen molar-refractivity contribution in [3.8, 4) is 11.3 Å². The second kappa shape index (κ2) is 5.95. The topological polar surface area (TPSA) is 93.1 Å². The van der Waals surface area contributed by atoms with Crippen LogP contribution in [0, 0.1) is 6.92 Å². The third kappa shape index (κ3) is 2.67. The molecule has 4 rings (SSSR count). The number of benzene rings is 1. The number of nitrogens with zero attached hydrogens (tertiary/aromatic N) is 3. The summed E-state index contributed by atoms with van der Waals surface area (Å²) in [5.41, 5.74) is 13.8. The van der Waals surface area contributed by atoms with Crippen LogP contribution in [0.1, 0.15) is 37.9 Å². The second-order valence-corrected chi connectivity index (χ2v) is 6.75. The van der Waals surface area contributed by atoms with Crippen molar-refractivity contribution in [2.45, 2.75) is 44.7 Å². The van der Waals surface area contributed by atoms with Gasteiger partial charge in [-0.1, -0.05) is 18.6 Å². The van der Waals surface area contributed by atoms with E-state index in [1.807, 2.05) is 43.3 Å². The summed E-state index contributed by atoms with van der Waals surface area (Å²) in [4.78, 5) is 11.0. The Morgan fingerprint density at radius 3 is 2.52 bits per heavy atom. The normalized spacial score (nSPS) is 19.6. The summed E-state index contributed by atoms with van der Waals surface area (Å²) in [6.07, 6.45) is 5.23. The number of hydrogen-bond acceptors (Lipinski definition) is 6. The molecule has 2 heterocycles. The van der Waals surface area contributed by atoms with Crippen LogP contribution in [0.3, 0.4) is 0 Å². The van der Waals surface area contributed by atoms with Crippen molar-refractivity contribution < 1.29 is 4.42 Å². The molecule has 0 unspecified atom stereocenters. The van der Waals surface area contributed by atoms with Gasteiger partial charge in [-0.05, 0) is 56.9 Å². The molecule has 0 atom stereocenters. The fourth-order valence-electron chi connectivity index (χ4n) is 3.93. The molecular weight excluding hydrogens is 314 g/mol. The van der Waals surface area contributed by atoms with E-state index in [4.69, 9.17) is 20.9 Å². The summed E-state index contributed by atoms with van der Waals surface area (Å²) < 4.78 is 5.87. The van der Waals surface area contributed by atoms with Crippen LogP contribution in [-0.4, -0.2) is 17.6 Å². The maximum absolute atomic E-state index is 6.34. The lowest BCUT2D eigenvalue weighted by Gasteiger charge is -2.46. The van der Waals surface area contributed by atoms with E-state index in [2.05, 4.69) is 9.89 Å². The van der Waals surface area contributed by atoms with Gasteiger partial charge in [-0.3, -0.25) is 4.90 Å². The van der Waals surface area contributed by atoms with E-state index in [-0.39, 0.29) is 5.96 Å². The highest BCUT2D eigenvalue weighted by atomic mass is 16.3. The molecule has 6 nitrogen and oxygen atoms in total. The Balaban J connectivity index is 1.86. The summed E-state index contributed by atoms with van der Waals surface area (Å²) in [7, 11) is 0. The molecule has 0 amide bonds. The molecule has 130 valence electrons. The zero-order valence-corrected chi connectivity index (χ0v) is 14.4. The average molecular weight is 337 g/mol. The van der Waals surface area contributed by atoms with Gasteiger partial charge in [-0.25, -0.2) is 4.99 Å². The minimum Gasteiger partial charge on any atom is -0.461 e. The third-order valence-electron chi connectivity index (χ3n) is 5.00. The number of hydrogen-bond donors (Lipinski definition) is 2. The largest absolute Gasteiger partial charge is 0.461 e. The molecule has 1 aromatic carbocycles. The summed E-state index contributed by atoms with van der Waals surface area (Å²) in [6, 6.07) is 12.0. The molecule has 0 radical (unpaired) electrons. The fourth-order valence-corrected chi connectivity index (χ4v) is 3.93. The number of aryl methyl sites for hydroxylation is 1. The lowest BCUT2D eigenvalue weighted by atomic mass is 9.87. The Bertz CT molecular complexity index is 845. The van der Waals surface area contributed by atoms with Crippen LogP contribution in [0.15, 0.2) is 50.8 Å². The standard InChI is InChI=1S/C19H23N5O/c1-13-9-10-16(25-13)14-7-3-4-8-15(14)24-18(21)22-17(20)23-19(24)11-5-2-6-12-19/h3-4,7-10H,2,5-6,11-12H2,1H3,(H4,20,21,22,23). The lowest BCUT2D eigenvalue weighted by Crippen LogP contribution is -2.58. The highest BCUT2D eigenvalue weighted by Gasteiger charge is 2.43. The molecule has 1 aromatic heterocycles. The van der Waals surface area contributed by atoms with Crippen LogP contribution in [0.2, 0.25) is 0 Å². The van der Waals surface area contributed by atoms with Crippen molar-refractivity contribution in [1.82, 2.24) is 0 Å². The zero-order chi connectivity index (χ0) is 17.4. The Morgan fingerprint density at radius 1 is 1.04 bits per heavy atom. The number of furan rings is 1. The van der Waals surface area contributed by atoms with Crippen molar-refractivity contribution in [1.29, 1.82) is 0 Å². The van der Waals surface area contributed by atoms with Crippen LogP contribution in [0.5, 0.6) is 0 Å². The van der Waals surface area contributed by atoms with Crippen molar-refractivity contribution in [3.63, 3.8) is 0 Å². The van der Waals surface area contributed by atoms with Crippen molar-refractivity contribution >= 4 is 17.6 Å². The van der Waals surface area contributed by atoms with Crippen molar-refractivity contribution in [3.05, 3.63) is 42.2 Å². The number of anilines is 1. The van der Waals surface area contributed by atoms with Gasteiger partial charge < -0.3 is 15.9 Å². The number of rotatable bonds is 2. The first kappa shape index (κ1) is 15.7. The van der Waals surface area contributed by atoms with Gasteiger partial charge in [-0.2, -0.15) is 4.99 Å². The first-order valence-corrected chi connectivity index (χ1v) is 8.75. The predicted octanol–water partition coefficient (Wildman–Crippen LogP) is 3.36. The molecule has 1 aliphatic carbocycles. The number of para-hydroxylation sites is 1. The molecule has 1 fully saturated rings. The monoisotopic (exact) mass is 337 g/mol. The SMILES string of the molecule is Cc1ccc(-c2ccccc2N2C(N)=NC(N)=NC23CCCCC3)o1. The highest BCUT2D eigenvalue weighted by Crippen LogP contribution is 2.42. The first-order chi connectivity index (χ1) is 12.1. The van der Waals surface area contributed by atoms with Gasteiger partial charge in [0.25, 0.3) is 0 Å². The Kier molecular flexibility index (Phi) is 3.75. The molecule has 6 heteroatoms. The van der Waals surface area contributed by atoms with Crippen LogP contribution < -0.4 is 16.4 Å². The molecule has 4 N–H and O–H groups in total. The second-order valence-electron chi connectivity index (χ2n) is 6.75. The van der Waals surface area contributed by atoms with E-state index >= 15 is 0 Å². The molecule has 1 spiro atoms. The lowest BCUT2D eigenvalue weighted by molar-refractivity contribution is 0.305. The fraction of sp³-hybridized carbons (Fsp3) is 0.368. The van der Waals surface area contributed by atoms with Crippen LogP contribution in [0.4, 0.5) is 5.69 Å². The van der Waals surface area contributed by atoms with Gasteiger partial charge >= 0.3 is 0 Å². The molecule has 1 aliphatic heterocycles. The van der Waals surface area contributed by atoms with E-state index in [0.29, 0.717) is 5.96 Å². The number of guanidine groups is 2. The number of nitrogens with two attached hydrogens (primary N) is 2. The minimum absolute atomic E-state index is 0.266. The average Bonchev–Trinajstić information content (AvgIpc) is 3.01. The van der Waals surface area contributed by atoms with Gasteiger partial charge in [0.2, 0.25) is 11.9 Å². The summed E-state index contributed by atoms with van der Waals surface area (Å²) in [5.74, 6) is 2.35. The molecule has 25 heavy (non-hydrogen) atoms. The summed E-state index contributed by atoms with van der Waals surface area (Å²) >= 11 is 0. The van der Waals surface area contributed by atoms with E-state index in [1.165, 1.54) is 6.42 Å². The van der Waals surface area contributed by atoms with E-state index in [1.54, 1.807) is 0 Å². The molecule has 0 bridgehead atoms. The summed E-state index contributed by atoms with van der Waals surface area (Å²) in [6.45, 7) is 1.94. The van der Waals surface area contributed by atoms with Gasteiger partial charge in [0.1, 0.15) is 17.2 Å². The van der Waals surface area contributed by atoms with Gasteiger partial charge in [0, 0.05) is 5.56 Å². The van der Waals surface area contributed by atoms with E-state index in [0.717, 1.165) is 48.5 Å². The molecule has 1 saturated carbocycles. The predicted molar refractivity (Wildman–Crippen MR) is 100 cm³/mol. The minimum atomic E-state index is -0.452. The number of aliphatic imine (C=N–C) groups is 2. The van der Waals surface area contributed by atoms with Gasteiger partial charge in [0.05, 0.1) is 5.69 Å². The van der Waals surface area contributed by atoms with Crippen molar-refractivity contribution in [2.75, 3.05) is 4.90 Å². The molecule has 0 saturated heterocycles. The van der Waals surface area contributed by atoms with E-state index < -0.39 is 5.66 Å². The van der Waals surface area contributed by atoms with Crippen LogP contribution in [-0.2, 0) is 0 Å². The molecule has 2 aliphatic rings. The maximum Gasteiger partial charge on any atom is 0.220 e. The highest BCUT2D eigenvalue weighted by molar-refractivity contribution is 6.07. The smallest absolute Gasteiger partial charge is 0.220 e. The molecular formula is C19H23N5O. The van der Waals surface area contributed by atoms with Crippen LogP contribution in [0.25, 0.3) is 11.3 Å². The zero-order valence-electron chi connectivity index (χ0n) is 14.4. The van der Waals surface area contributed by atoms with Crippen molar-refractivity contribution in [2.24, 2.45) is 21.5 Å². The Labute approximate surface area is 147 Å².